The maximum atomic E-state index is 11.8. The molecule has 0 bridgehead atoms. The zero-order valence-electron chi connectivity index (χ0n) is 11.0. The summed E-state index contributed by atoms with van der Waals surface area (Å²) in [6.45, 7) is 2.93. The minimum atomic E-state index is -0.0269. The molecule has 0 spiro atoms. The molecule has 1 saturated carbocycles. The lowest BCUT2D eigenvalue weighted by Gasteiger charge is -2.27. The van der Waals surface area contributed by atoms with Gasteiger partial charge in [-0.15, -0.1) is 11.8 Å². The van der Waals surface area contributed by atoms with Crippen molar-refractivity contribution in [2.24, 2.45) is 0 Å². The molecule has 1 aromatic heterocycles. The molecule has 1 aromatic rings. The van der Waals surface area contributed by atoms with Crippen LogP contribution in [-0.4, -0.2) is 32.8 Å². The van der Waals surface area contributed by atoms with E-state index in [-0.39, 0.29) is 5.56 Å². The average molecular weight is 297 g/mol. The molecule has 1 aliphatic heterocycles. The van der Waals surface area contributed by atoms with E-state index in [0.717, 1.165) is 17.3 Å². The summed E-state index contributed by atoms with van der Waals surface area (Å²) in [4.78, 5) is 19.4. The molecule has 3 rings (SSSR count). The fourth-order valence-corrected chi connectivity index (χ4v) is 4.93. The van der Waals surface area contributed by atoms with Gasteiger partial charge in [-0.1, -0.05) is 6.92 Å². The first-order valence-electron chi connectivity index (χ1n) is 6.79. The molecule has 2 N–H and O–H groups in total. The Hall–Kier alpha value is -0.460. The van der Waals surface area contributed by atoms with Crippen molar-refractivity contribution in [1.82, 2.24) is 15.3 Å². The van der Waals surface area contributed by atoms with Crippen molar-refractivity contribution in [3.63, 3.8) is 0 Å². The van der Waals surface area contributed by atoms with E-state index in [0.29, 0.717) is 23.1 Å². The van der Waals surface area contributed by atoms with Crippen LogP contribution < -0.4 is 10.9 Å². The normalized spacial score (nSPS) is 27.4. The molecule has 2 unspecified atom stereocenters. The van der Waals surface area contributed by atoms with E-state index in [9.17, 15) is 4.79 Å². The maximum Gasteiger partial charge on any atom is 0.251 e. The van der Waals surface area contributed by atoms with Crippen LogP contribution in [0, 0.1) is 0 Å². The Labute approximate surface area is 121 Å². The van der Waals surface area contributed by atoms with Crippen LogP contribution in [0.25, 0.3) is 0 Å². The molecule has 104 valence electrons. The predicted octanol–water partition coefficient (Wildman–Crippen LogP) is 1.93. The molecule has 2 atom stereocenters. The van der Waals surface area contributed by atoms with Gasteiger partial charge in [-0.3, -0.25) is 4.79 Å². The molecule has 2 fully saturated rings. The van der Waals surface area contributed by atoms with E-state index >= 15 is 0 Å². The second-order valence-corrected chi connectivity index (χ2v) is 7.88. The molecule has 6 heteroatoms. The molecule has 0 radical (unpaired) electrons. The number of thioether (sulfide) groups is 2. The van der Waals surface area contributed by atoms with Crippen LogP contribution in [0.3, 0.4) is 0 Å². The largest absolute Gasteiger partial charge is 0.310 e. The van der Waals surface area contributed by atoms with Crippen molar-refractivity contribution < 1.29 is 0 Å². The number of aromatic nitrogens is 2. The van der Waals surface area contributed by atoms with E-state index in [1.165, 1.54) is 18.6 Å². The Kier molecular flexibility index (Phi) is 4.19. The van der Waals surface area contributed by atoms with Crippen molar-refractivity contribution in [3.8, 4) is 0 Å². The number of H-pyrrole nitrogens is 1. The molecule has 0 aromatic carbocycles. The Bertz CT molecular complexity index is 501. The first-order valence-corrected chi connectivity index (χ1v) is 8.89. The van der Waals surface area contributed by atoms with Crippen LogP contribution in [0.5, 0.6) is 0 Å². The topological polar surface area (TPSA) is 57.8 Å². The fraction of sp³-hybridized carbons (Fsp3) is 0.692. The Balaban J connectivity index is 1.77. The van der Waals surface area contributed by atoms with Crippen LogP contribution in [-0.2, 0) is 6.54 Å². The zero-order valence-corrected chi connectivity index (χ0v) is 12.6. The van der Waals surface area contributed by atoms with E-state index in [1.807, 2.05) is 23.5 Å². The van der Waals surface area contributed by atoms with Gasteiger partial charge >= 0.3 is 0 Å². The number of rotatable bonds is 4. The number of aromatic amines is 1. The van der Waals surface area contributed by atoms with Gasteiger partial charge in [0.15, 0.2) is 0 Å². The average Bonchev–Trinajstić information content (AvgIpc) is 3.20. The number of hydrogen-bond acceptors (Lipinski definition) is 5. The summed E-state index contributed by atoms with van der Waals surface area (Å²) in [5.41, 5.74) is 0.843. The van der Waals surface area contributed by atoms with Gasteiger partial charge < -0.3 is 10.3 Å². The van der Waals surface area contributed by atoms with Crippen LogP contribution in [0.2, 0.25) is 0 Å². The Morgan fingerprint density at radius 2 is 2.21 bits per heavy atom. The smallest absolute Gasteiger partial charge is 0.251 e. The SMILES string of the molecule is CC1SCCSC1c1nc(CNC2CC2)cc(=O)[nH]1. The minimum Gasteiger partial charge on any atom is -0.310 e. The molecular formula is C13H19N3OS2. The standard InChI is InChI=1S/C13H19N3OS2/c1-8-12(19-5-4-18-8)13-15-10(6-11(17)16-13)7-14-9-2-3-9/h6,8-9,12,14H,2-5,7H2,1H3,(H,15,16,17). The van der Waals surface area contributed by atoms with E-state index < -0.39 is 0 Å². The van der Waals surface area contributed by atoms with Gasteiger partial charge in [0.1, 0.15) is 5.82 Å². The summed E-state index contributed by atoms with van der Waals surface area (Å²) in [5, 5.41) is 4.23. The molecular weight excluding hydrogens is 278 g/mol. The summed E-state index contributed by atoms with van der Waals surface area (Å²) in [6.07, 6.45) is 2.50. The monoisotopic (exact) mass is 297 g/mol. The van der Waals surface area contributed by atoms with Gasteiger partial charge in [0.25, 0.3) is 5.56 Å². The fourth-order valence-electron chi connectivity index (χ4n) is 2.22. The summed E-state index contributed by atoms with van der Waals surface area (Å²) >= 11 is 3.87. The summed E-state index contributed by atoms with van der Waals surface area (Å²) in [6, 6.07) is 2.26. The van der Waals surface area contributed by atoms with Crippen molar-refractivity contribution in [2.45, 2.75) is 42.9 Å². The van der Waals surface area contributed by atoms with Crippen molar-refractivity contribution >= 4 is 23.5 Å². The summed E-state index contributed by atoms with van der Waals surface area (Å²) < 4.78 is 0. The molecule has 2 aliphatic rings. The molecule has 2 heterocycles. The maximum absolute atomic E-state index is 11.8. The zero-order chi connectivity index (χ0) is 13.2. The van der Waals surface area contributed by atoms with E-state index in [2.05, 4.69) is 22.2 Å². The third kappa shape index (κ3) is 3.55. The third-order valence-electron chi connectivity index (χ3n) is 3.42. The van der Waals surface area contributed by atoms with Gasteiger partial charge in [0.05, 0.1) is 10.9 Å². The highest BCUT2D eigenvalue weighted by atomic mass is 32.2. The van der Waals surface area contributed by atoms with Crippen molar-refractivity contribution in [2.75, 3.05) is 11.5 Å². The van der Waals surface area contributed by atoms with Crippen LogP contribution in [0.4, 0.5) is 0 Å². The minimum absolute atomic E-state index is 0.0269. The van der Waals surface area contributed by atoms with Gasteiger partial charge in [-0.25, -0.2) is 4.98 Å². The first-order chi connectivity index (χ1) is 9.22. The summed E-state index contributed by atoms with van der Waals surface area (Å²) in [5.74, 6) is 3.17. The molecule has 0 amide bonds. The third-order valence-corrected chi connectivity index (χ3v) is 6.52. The number of nitrogens with zero attached hydrogens (tertiary/aromatic N) is 1. The first kappa shape index (κ1) is 13.5. The highest BCUT2D eigenvalue weighted by Crippen LogP contribution is 2.40. The van der Waals surface area contributed by atoms with Gasteiger partial charge in [-0.05, 0) is 12.8 Å². The quantitative estimate of drug-likeness (QED) is 0.889. The van der Waals surface area contributed by atoms with Crippen LogP contribution in [0.15, 0.2) is 10.9 Å². The van der Waals surface area contributed by atoms with Gasteiger partial charge in [0.2, 0.25) is 0 Å². The van der Waals surface area contributed by atoms with E-state index in [4.69, 9.17) is 0 Å². The highest BCUT2D eigenvalue weighted by Gasteiger charge is 2.26. The lowest BCUT2D eigenvalue weighted by molar-refractivity contribution is 0.663. The van der Waals surface area contributed by atoms with Gasteiger partial charge in [0, 0.05) is 35.4 Å². The lowest BCUT2D eigenvalue weighted by atomic mass is 10.3. The molecule has 1 aliphatic carbocycles. The van der Waals surface area contributed by atoms with Crippen molar-refractivity contribution in [1.29, 1.82) is 0 Å². The van der Waals surface area contributed by atoms with Crippen LogP contribution in [0.1, 0.15) is 36.5 Å². The second-order valence-electron chi connectivity index (χ2n) is 5.14. The van der Waals surface area contributed by atoms with Crippen LogP contribution >= 0.6 is 23.5 Å². The Morgan fingerprint density at radius 3 is 2.95 bits per heavy atom. The summed E-state index contributed by atoms with van der Waals surface area (Å²) in [7, 11) is 0. The van der Waals surface area contributed by atoms with E-state index in [1.54, 1.807) is 6.07 Å². The molecule has 19 heavy (non-hydrogen) atoms. The highest BCUT2D eigenvalue weighted by molar-refractivity contribution is 8.06. The van der Waals surface area contributed by atoms with Gasteiger partial charge in [-0.2, -0.15) is 11.8 Å². The lowest BCUT2D eigenvalue weighted by Crippen LogP contribution is -2.24. The molecule has 4 nitrogen and oxygen atoms in total. The number of hydrogen-bond donors (Lipinski definition) is 2. The Morgan fingerprint density at radius 1 is 1.42 bits per heavy atom. The predicted molar refractivity (Wildman–Crippen MR) is 81.8 cm³/mol. The van der Waals surface area contributed by atoms with Crippen molar-refractivity contribution in [3.05, 3.63) is 27.9 Å². The molecule has 1 saturated heterocycles. The number of nitrogens with one attached hydrogen (secondary N) is 2. The second kappa shape index (κ2) is 5.89.